The molecule has 1 unspecified atom stereocenters. The zero-order valence-corrected chi connectivity index (χ0v) is 22.2. The number of thiophene rings is 1. The van der Waals surface area contributed by atoms with Crippen LogP contribution in [0.15, 0.2) is 72.9 Å². The Bertz CT molecular complexity index is 1880. The highest BCUT2D eigenvalue weighted by Crippen LogP contribution is 2.50. The molecule has 0 saturated heterocycles. The number of nitrogens with zero attached hydrogens (tertiary/aromatic N) is 5. The van der Waals surface area contributed by atoms with E-state index in [1.807, 2.05) is 0 Å². The van der Waals surface area contributed by atoms with E-state index in [2.05, 4.69) is 37.7 Å². The quantitative estimate of drug-likeness (QED) is 0.232. The second-order valence-electron chi connectivity index (χ2n) is 9.44. The lowest BCUT2D eigenvalue weighted by Crippen LogP contribution is -2.49. The zero-order chi connectivity index (χ0) is 29.5. The third-order valence-corrected chi connectivity index (χ3v) is 7.68. The molecule has 0 radical (unpaired) electrons. The lowest BCUT2D eigenvalue weighted by molar-refractivity contribution is -0.207. The molecular formula is C29H18F4N6O2S. The van der Waals surface area contributed by atoms with Crippen molar-refractivity contribution in [2.24, 2.45) is 0 Å². The maximum absolute atomic E-state index is 15.9. The first kappa shape index (κ1) is 27.3. The summed E-state index contributed by atoms with van der Waals surface area (Å²) in [6, 6.07) is 14.6. The van der Waals surface area contributed by atoms with Crippen LogP contribution in [0.3, 0.4) is 0 Å². The minimum absolute atomic E-state index is 0.0473. The number of aromatic nitrogens is 5. The number of pyridine rings is 1. The number of benzene rings is 2. The molecule has 1 amide bonds. The molecule has 5 aromatic rings. The van der Waals surface area contributed by atoms with Crippen LogP contribution in [0.4, 0.5) is 17.6 Å². The predicted octanol–water partition coefficient (Wildman–Crippen LogP) is 4.40. The minimum atomic E-state index is -3.92. The largest absolute Gasteiger partial charge is 0.377 e. The van der Waals surface area contributed by atoms with Gasteiger partial charge in [0.1, 0.15) is 17.3 Å². The van der Waals surface area contributed by atoms with Crippen LogP contribution in [0.2, 0.25) is 0 Å². The van der Waals surface area contributed by atoms with Gasteiger partial charge < -0.3 is 10.4 Å². The molecule has 3 aromatic heterocycles. The first-order valence-corrected chi connectivity index (χ1v) is 13.2. The van der Waals surface area contributed by atoms with Gasteiger partial charge in [-0.25, -0.2) is 13.5 Å². The van der Waals surface area contributed by atoms with Gasteiger partial charge in [-0.1, -0.05) is 30.0 Å². The average Bonchev–Trinajstić information content (AvgIpc) is 3.65. The Morgan fingerprint density at radius 1 is 1.07 bits per heavy atom. The van der Waals surface area contributed by atoms with E-state index in [0.29, 0.717) is 20.9 Å². The monoisotopic (exact) mass is 590 g/mol. The number of amides is 1. The van der Waals surface area contributed by atoms with Crippen molar-refractivity contribution in [3.05, 3.63) is 117 Å². The summed E-state index contributed by atoms with van der Waals surface area (Å²) in [5.74, 6) is 0.404. The fourth-order valence-electron chi connectivity index (χ4n) is 4.58. The standard InChI is InChI=1S/C29H18F4N6O2S/c30-19-3-1-2-18(12-19)15-35-27(40)24-10-8-21(42-24)7-4-17-5-11-25(34-14-17)29(32,33)28(41)16-39-26(36-37-38-39)22-13-20(31)6-9-23(22)28/h1-3,5-6,8-14,41H,15-16H2,(H,35,40). The molecule has 0 spiro atoms. The molecule has 4 heterocycles. The Morgan fingerprint density at radius 3 is 2.69 bits per heavy atom. The van der Waals surface area contributed by atoms with Crippen LogP contribution < -0.4 is 5.32 Å². The van der Waals surface area contributed by atoms with Gasteiger partial charge in [-0.3, -0.25) is 9.78 Å². The van der Waals surface area contributed by atoms with Crippen LogP contribution >= 0.6 is 11.3 Å². The summed E-state index contributed by atoms with van der Waals surface area (Å²) in [5, 5.41) is 24.9. The van der Waals surface area contributed by atoms with Crippen molar-refractivity contribution < 1.29 is 27.5 Å². The molecule has 13 heteroatoms. The van der Waals surface area contributed by atoms with Gasteiger partial charge in [-0.05, 0) is 64.5 Å². The summed E-state index contributed by atoms with van der Waals surface area (Å²) in [7, 11) is 0. The molecule has 0 saturated carbocycles. The van der Waals surface area contributed by atoms with E-state index < -0.39 is 35.4 Å². The maximum Gasteiger partial charge on any atom is 0.323 e. The maximum atomic E-state index is 15.9. The summed E-state index contributed by atoms with van der Waals surface area (Å²) in [6.45, 7) is -0.520. The number of tetrazole rings is 1. The second kappa shape index (κ2) is 10.5. The van der Waals surface area contributed by atoms with Crippen molar-refractivity contribution in [3.63, 3.8) is 0 Å². The number of fused-ring (bicyclic) bond motifs is 3. The number of carbonyl (C=O) groups excluding carboxylic acids is 1. The van der Waals surface area contributed by atoms with Crippen LogP contribution in [-0.4, -0.2) is 36.2 Å². The summed E-state index contributed by atoms with van der Waals surface area (Å²) in [4.78, 5) is 17.3. The SMILES string of the molecule is O=C(NCc1cccc(F)c1)c1ccc(C#Cc2ccc(C(F)(F)C3(O)Cn4nnnc4-c4cc(F)ccc43)nc2)s1. The van der Waals surface area contributed by atoms with Gasteiger partial charge in [0.25, 0.3) is 5.91 Å². The third-order valence-electron chi connectivity index (χ3n) is 6.69. The van der Waals surface area contributed by atoms with Gasteiger partial charge in [0, 0.05) is 29.4 Å². The first-order valence-electron chi connectivity index (χ1n) is 12.4. The Hall–Kier alpha value is -4.93. The van der Waals surface area contributed by atoms with Gasteiger partial charge in [-0.15, -0.1) is 16.4 Å². The van der Waals surface area contributed by atoms with Crippen molar-refractivity contribution in [2.45, 2.75) is 24.6 Å². The molecule has 0 bridgehead atoms. The number of nitrogens with one attached hydrogen (secondary N) is 1. The van der Waals surface area contributed by atoms with Crippen molar-refractivity contribution in [2.75, 3.05) is 0 Å². The highest BCUT2D eigenvalue weighted by molar-refractivity contribution is 7.14. The van der Waals surface area contributed by atoms with Crippen molar-refractivity contribution in [3.8, 4) is 23.2 Å². The summed E-state index contributed by atoms with van der Waals surface area (Å²) in [6.07, 6.45) is 1.15. The Balaban J connectivity index is 1.18. The number of halogens is 4. The molecular weight excluding hydrogens is 572 g/mol. The molecule has 2 aromatic carbocycles. The fourth-order valence-corrected chi connectivity index (χ4v) is 5.36. The molecule has 2 N–H and O–H groups in total. The van der Waals surface area contributed by atoms with E-state index in [0.717, 1.165) is 46.5 Å². The number of hydrogen-bond donors (Lipinski definition) is 2. The van der Waals surface area contributed by atoms with E-state index in [9.17, 15) is 18.7 Å². The Morgan fingerprint density at radius 2 is 1.90 bits per heavy atom. The molecule has 1 aliphatic heterocycles. The fraction of sp³-hybridized carbons (Fsp3) is 0.138. The zero-order valence-electron chi connectivity index (χ0n) is 21.4. The molecule has 6 rings (SSSR count). The van der Waals surface area contributed by atoms with Crippen molar-refractivity contribution in [1.29, 1.82) is 0 Å². The second-order valence-corrected chi connectivity index (χ2v) is 10.5. The molecule has 0 aliphatic carbocycles. The van der Waals surface area contributed by atoms with Gasteiger partial charge >= 0.3 is 5.92 Å². The lowest BCUT2D eigenvalue weighted by atomic mass is 9.80. The van der Waals surface area contributed by atoms with E-state index in [4.69, 9.17) is 0 Å². The van der Waals surface area contributed by atoms with Crippen LogP contribution in [0, 0.1) is 23.5 Å². The highest BCUT2D eigenvalue weighted by atomic mass is 32.1. The lowest BCUT2D eigenvalue weighted by Gasteiger charge is -2.39. The van der Waals surface area contributed by atoms with Crippen molar-refractivity contribution in [1.82, 2.24) is 30.5 Å². The van der Waals surface area contributed by atoms with Crippen LogP contribution in [-0.2, 0) is 24.6 Å². The Labute approximate surface area is 239 Å². The molecule has 1 aliphatic rings. The van der Waals surface area contributed by atoms with Gasteiger partial charge in [0.05, 0.1) is 16.3 Å². The average molecular weight is 591 g/mol. The normalized spacial score (nSPS) is 15.7. The number of carbonyl (C=O) groups is 1. The van der Waals surface area contributed by atoms with E-state index in [-0.39, 0.29) is 29.4 Å². The summed E-state index contributed by atoms with van der Waals surface area (Å²) >= 11 is 1.14. The molecule has 1 atom stereocenters. The van der Waals surface area contributed by atoms with Gasteiger partial charge in [-0.2, -0.15) is 8.78 Å². The molecule has 210 valence electrons. The van der Waals surface area contributed by atoms with E-state index in [1.54, 1.807) is 24.3 Å². The van der Waals surface area contributed by atoms with E-state index in [1.165, 1.54) is 18.2 Å². The van der Waals surface area contributed by atoms with E-state index >= 15 is 8.78 Å². The molecule has 0 fully saturated rings. The van der Waals surface area contributed by atoms with Gasteiger partial charge in [0.2, 0.25) is 0 Å². The molecule has 42 heavy (non-hydrogen) atoms. The minimum Gasteiger partial charge on any atom is -0.377 e. The highest BCUT2D eigenvalue weighted by Gasteiger charge is 2.59. The molecule has 8 nitrogen and oxygen atoms in total. The smallest absolute Gasteiger partial charge is 0.323 e. The van der Waals surface area contributed by atoms with Crippen LogP contribution in [0.1, 0.15) is 36.9 Å². The van der Waals surface area contributed by atoms with Crippen molar-refractivity contribution >= 4 is 17.2 Å². The summed E-state index contributed by atoms with van der Waals surface area (Å²) < 4.78 is 60.0. The number of rotatable bonds is 5. The predicted molar refractivity (Wildman–Crippen MR) is 143 cm³/mol. The number of aliphatic hydroxyl groups is 1. The first-order chi connectivity index (χ1) is 20.1. The van der Waals surface area contributed by atoms with Crippen LogP contribution in [0.25, 0.3) is 11.4 Å². The Kier molecular flexibility index (Phi) is 6.80. The van der Waals surface area contributed by atoms with Gasteiger partial charge in [0.15, 0.2) is 11.4 Å². The third kappa shape index (κ3) is 4.91. The summed E-state index contributed by atoms with van der Waals surface area (Å²) in [5.41, 5.74) is -2.88. The number of alkyl halides is 2. The number of hydrogen-bond acceptors (Lipinski definition) is 7. The van der Waals surface area contributed by atoms with Crippen LogP contribution in [0.5, 0.6) is 0 Å². The topological polar surface area (TPSA) is 106 Å².